The van der Waals surface area contributed by atoms with Crippen LogP contribution in [0, 0.1) is 0 Å². The van der Waals surface area contributed by atoms with E-state index >= 15 is 0 Å². The van der Waals surface area contributed by atoms with Crippen LogP contribution in [0.15, 0.2) is 104 Å². The molecule has 0 aliphatic carbocycles. The van der Waals surface area contributed by atoms with Gasteiger partial charge in [0.25, 0.3) is 0 Å². The second-order valence-corrected chi connectivity index (χ2v) is 12.0. The summed E-state index contributed by atoms with van der Waals surface area (Å²) in [4.78, 5) is 26.5. The van der Waals surface area contributed by atoms with E-state index < -0.39 is 26.4 Å². The van der Waals surface area contributed by atoms with Gasteiger partial charge in [0.15, 0.2) is 0 Å². The van der Waals surface area contributed by atoms with Gasteiger partial charge in [0, 0.05) is 13.0 Å². The van der Waals surface area contributed by atoms with E-state index in [1.54, 1.807) is 11.2 Å². The Morgan fingerprint density at radius 2 is 1.46 bits per heavy atom. The van der Waals surface area contributed by atoms with E-state index in [1.165, 1.54) is 6.08 Å². The molecule has 0 spiro atoms. The highest BCUT2D eigenvalue weighted by Gasteiger charge is 2.60. The molecule has 0 bridgehead atoms. The highest BCUT2D eigenvalue weighted by Crippen LogP contribution is 2.74. The first-order valence-electron chi connectivity index (χ1n) is 11.7. The number of aliphatic hydroxyl groups is 1. The Morgan fingerprint density at radius 3 is 1.77 bits per heavy atom. The van der Waals surface area contributed by atoms with Crippen LogP contribution in [0.25, 0.3) is 0 Å². The molecule has 1 aliphatic heterocycles. The van der Waals surface area contributed by atoms with E-state index in [9.17, 15) is 14.7 Å². The second-order valence-electron chi connectivity index (χ2n) is 8.50. The summed E-state index contributed by atoms with van der Waals surface area (Å²) >= 11 is 0. The molecule has 1 heterocycles. The summed E-state index contributed by atoms with van der Waals surface area (Å²) in [6.07, 6.45) is 1.91. The van der Waals surface area contributed by atoms with Crippen molar-refractivity contribution in [1.29, 1.82) is 0 Å². The maximum absolute atomic E-state index is 13.3. The number of rotatable bonds is 10. The molecule has 2 unspecified atom stereocenters. The first-order valence-corrected chi connectivity index (χ1v) is 13.5. The van der Waals surface area contributed by atoms with Crippen LogP contribution in [0.1, 0.15) is 30.0 Å². The van der Waals surface area contributed by atoms with Crippen molar-refractivity contribution in [1.82, 2.24) is 4.31 Å². The maximum atomic E-state index is 13.3. The minimum absolute atomic E-state index is 0.0652. The number of hydrogen-bond acceptors (Lipinski definition) is 4. The summed E-state index contributed by atoms with van der Waals surface area (Å²) in [7, 11) is -2.66. The fraction of sp³-hybridized carbons (Fsp3) is 0.241. The summed E-state index contributed by atoms with van der Waals surface area (Å²) < 4.78 is 6.24. The van der Waals surface area contributed by atoms with Gasteiger partial charge in [-0.25, -0.2) is 0 Å². The molecule has 0 aromatic heterocycles. The topological polar surface area (TPSA) is 66.8 Å². The molecule has 1 amide bonds. The van der Waals surface area contributed by atoms with E-state index in [2.05, 4.69) is 6.58 Å². The Bertz CT molecular complexity index is 1070. The molecule has 182 valence electrons. The molecule has 1 aliphatic rings. The highest BCUT2D eigenvalue weighted by molar-refractivity contribution is 8.34. The van der Waals surface area contributed by atoms with Crippen molar-refractivity contribution in [3.8, 4) is 0 Å². The smallest absolute Gasteiger partial charge is 0.316 e. The fourth-order valence-electron chi connectivity index (χ4n) is 5.06. The van der Waals surface area contributed by atoms with Crippen molar-refractivity contribution in [2.24, 2.45) is 0 Å². The van der Waals surface area contributed by atoms with Crippen LogP contribution >= 0.6 is 10.2 Å². The van der Waals surface area contributed by atoms with Crippen LogP contribution in [0.2, 0.25) is 0 Å². The summed E-state index contributed by atoms with van der Waals surface area (Å²) in [5, 5.41) is 11.7. The van der Waals surface area contributed by atoms with Gasteiger partial charge < -0.3 is 14.1 Å². The lowest BCUT2D eigenvalue weighted by Gasteiger charge is -2.64. The van der Waals surface area contributed by atoms with Crippen molar-refractivity contribution in [3.63, 3.8) is 0 Å². The molecule has 2 atom stereocenters. The van der Waals surface area contributed by atoms with E-state index in [-0.39, 0.29) is 18.3 Å². The lowest BCUT2D eigenvalue weighted by molar-refractivity contribution is -0.139. The van der Waals surface area contributed by atoms with Gasteiger partial charge >= 0.3 is 5.97 Å². The summed E-state index contributed by atoms with van der Waals surface area (Å²) in [6.45, 7) is 5.89. The number of β-lactam (4-membered cyclic amide) rings is 1. The molecule has 4 rings (SSSR count). The molecular weight excluding hydrogens is 458 g/mol. The first-order chi connectivity index (χ1) is 17.0. The molecule has 0 radical (unpaired) electrons. The van der Waals surface area contributed by atoms with E-state index in [1.807, 2.05) is 91.0 Å². The summed E-state index contributed by atoms with van der Waals surface area (Å²) in [6, 6.07) is 29.7. The normalized spacial score (nSPS) is 17.0. The van der Waals surface area contributed by atoms with Crippen LogP contribution in [0.5, 0.6) is 0 Å². The molecule has 3 aromatic carbocycles. The van der Waals surface area contributed by atoms with Gasteiger partial charge in [0.05, 0.1) is 15.9 Å². The van der Waals surface area contributed by atoms with Gasteiger partial charge in [-0.15, -0.1) is 10.2 Å². The second kappa shape index (κ2) is 10.5. The third-order valence-corrected chi connectivity index (χ3v) is 11.3. The van der Waals surface area contributed by atoms with Gasteiger partial charge in [-0.3, -0.25) is 9.59 Å². The molecule has 1 saturated heterocycles. The third kappa shape index (κ3) is 4.17. The SMILES string of the molecule is C=CCOC(=O)CS(C(C)O)(N1CCC1=O)C(c1ccccc1)(c1ccccc1)c1ccccc1. The highest BCUT2D eigenvalue weighted by atomic mass is 32.3. The van der Waals surface area contributed by atoms with Gasteiger partial charge in [-0.2, -0.15) is 0 Å². The molecule has 3 aromatic rings. The van der Waals surface area contributed by atoms with E-state index in [0.717, 1.165) is 16.7 Å². The summed E-state index contributed by atoms with van der Waals surface area (Å²) in [5.41, 5.74) is 1.72. The average Bonchev–Trinajstić information content (AvgIpc) is 2.88. The van der Waals surface area contributed by atoms with Crippen molar-refractivity contribution in [2.75, 3.05) is 18.9 Å². The monoisotopic (exact) mass is 489 g/mol. The molecule has 6 heteroatoms. The average molecular weight is 490 g/mol. The zero-order valence-electron chi connectivity index (χ0n) is 19.9. The number of amides is 1. The molecule has 5 nitrogen and oxygen atoms in total. The predicted octanol–water partition coefficient (Wildman–Crippen LogP) is 5.00. The van der Waals surface area contributed by atoms with Crippen LogP contribution in [0.3, 0.4) is 0 Å². The number of esters is 1. The Kier molecular flexibility index (Phi) is 7.43. The zero-order valence-corrected chi connectivity index (χ0v) is 20.7. The van der Waals surface area contributed by atoms with Crippen molar-refractivity contribution < 1.29 is 19.4 Å². The van der Waals surface area contributed by atoms with E-state index in [0.29, 0.717) is 13.0 Å². The first kappa shape index (κ1) is 24.8. The van der Waals surface area contributed by atoms with Crippen LogP contribution in [-0.2, 0) is 19.1 Å². The van der Waals surface area contributed by atoms with Gasteiger partial charge in [0.2, 0.25) is 5.91 Å². The number of carbonyl (C=O) groups is 2. The standard InChI is InChI=1S/C29H31NO4S/c1-3-21-34-28(33)22-35(23(2)31,30-20-19-27(30)32)29(24-13-7-4-8-14-24,25-15-9-5-10-16-25)26-17-11-6-12-18-26/h3-18,23,31H,1,19-22H2,2H3. The molecular formula is C29H31NO4S. The van der Waals surface area contributed by atoms with Crippen LogP contribution in [0.4, 0.5) is 0 Å². The number of carbonyl (C=O) groups excluding carboxylic acids is 2. The minimum Gasteiger partial charge on any atom is -0.461 e. The fourth-order valence-corrected chi connectivity index (χ4v) is 9.83. The Balaban J connectivity index is 2.14. The molecule has 1 fully saturated rings. The largest absolute Gasteiger partial charge is 0.461 e. The maximum Gasteiger partial charge on any atom is 0.316 e. The Labute approximate surface area is 208 Å². The minimum atomic E-state index is -2.66. The van der Waals surface area contributed by atoms with Crippen molar-refractivity contribution in [2.45, 2.75) is 23.5 Å². The number of aliphatic hydroxyl groups excluding tert-OH is 1. The van der Waals surface area contributed by atoms with Crippen molar-refractivity contribution >= 4 is 22.1 Å². The number of ether oxygens (including phenoxy) is 1. The summed E-state index contributed by atoms with van der Waals surface area (Å²) in [5.74, 6) is -0.639. The Hall–Kier alpha value is -3.35. The molecule has 0 saturated carbocycles. The van der Waals surface area contributed by atoms with Crippen LogP contribution in [-0.4, -0.2) is 45.6 Å². The number of benzene rings is 3. The lowest BCUT2D eigenvalue weighted by atomic mass is 9.84. The van der Waals surface area contributed by atoms with Gasteiger partial charge in [-0.05, 0) is 23.6 Å². The van der Waals surface area contributed by atoms with Crippen molar-refractivity contribution in [3.05, 3.63) is 120 Å². The van der Waals surface area contributed by atoms with E-state index in [4.69, 9.17) is 4.74 Å². The number of hydrogen-bond donors (Lipinski definition) is 1. The number of nitrogens with zero attached hydrogens (tertiary/aromatic N) is 1. The van der Waals surface area contributed by atoms with Gasteiger partial charge in [0.1, 0.15) is 6.61 Å². The molecule has 35 heavy (non-hydrogen) atoms. The van der Waals surface area contributed by atoms with Gasteiger partial charge in [-0.1, -0.05) is 104 Å². The Morgan fingerprint density at radius 1 is 1.00 bits per heavy atom. The lowest BCUT2D eigenvalue weighted by Crippen LogP contribution is -2.57. The third-order valence-electron chi connectivity index (χ3n) is 6.54. The quantitative estimate of drug-likeness (QED) is 0.188. The predicted molar refractivity (Wildman–Crippen MR) is 141 cm³/mol. The molecule has 1 N–H and O–H groups in total. The zero-order chi connectivity index (χ0) is 24.9. The van der Waals surface area contributed by atoms with Crippen LogP contribution < -0.4 is 0 Å².